The summed E-state index contributed by atoms with van der Waals surface area (Å²) < 4.78 is 1.64. The lowest BCUT2D eigenvalue weighted by Crippen LogP contribution is -1.98. The van der Waals surface area contributed by atoms with Crippen LogP contribution in [0.1, 0.15) is 23.8 Å². The monoisotopic (exact) mass is 262 g/mol. The molecule has 2 aromatic rings. The van der Waals surface area contributed by atoms with Crippen LogP contribution in [0.2, 0.25) is 5.15 Å². The predicted octanol–water partition coefficient (Wildman–Crippen LogP) is 3.44. The zero-order valence-corrected chi connectivity index (χ0v) is 10.9. The van der Waals surface area contributed by atoms with E-state index in [1.54, 1.807) is 10.8 Å². The molecule has 0 saturated heterocycles. The minimum Gasteiger partial charge on any atom is -0.388 e. The highest BCUT2D eigenvalue weighted by Crippen LogP contribution is 2.30. The van der Waals surface area contributed by atoms with Crippen molar-refractivity contribution < 1.29 is 5.11 Å². The molecule has 1 N–H and O–H groups in total. The molecule has 0 amide bonds. The molecule has 1 heterocycles. The lowest BCUT2D eigenvalue weighted by molar-refractivity contribution is 0.181. The molecular weight excluding hydrogens is 248 g/mol. The van der Waals surface area contributed by atoms with Crippen LogP contribution in [0.25, 0.3) is 5.69 Å². The molecule has 0 aliphatic carbocycles. The van der Waals surface area contributed by atoms with Crippen molar-refractivity contribution >= 4 is 11.6 Å². The first kappa shape index (κ1) is 12.9. The van der Waals surface area contributed by atoms with E-state index < -0.39 is 6.10 Å². The summed E-state index contributed by atoms with van der Waals surface area (Å²) in [6, 6.07) is 9.61. The van der Waals surface area contributed by atoms with E-state index in [4.69, 9.17) is 11.6 Å². The van der Waals surface area contributed by atoms with Crippen LogP contribution in [0.15, 0.2) is 43.0 Å². The predicted molar refractivity (Wildman–Crippen MR) is 73.1 cm³/mol. The number of aromatic nitrogens is 2. The van der Waals surface area contributed by atoms with Gasteiger partial charge < -0.3 is 5.11 Å². The van der Waals surface area contributed by atoms with Gasteiger partial charge >= 0.3 is 0 Å². The van der Waals surface area contributed by atoms with E-state index in [9.17, 15) is 5.11 Å². The summed E-state index contributed by atoms with van der Waals surface area (Å²) in [5.74, 6) is 0. The van der Waals surface area contributed by atoms with Crippen LogP contribution in [0.3, 0.4) is 0 Å². The third-order valence-corrected chi connectivity index (χ3v) is 3.14. The first-order valence-electron chi connectivity index (χ1n) is 5.74. The summed E-state index contributed by atoms with van der Waals surface area (Å²) in [6.07, 6.45) is 1.47. The first-order valence-corrected chi connectivity index (χ1v) is 6.12. The Hall–Kier alpha value is -1.58. The molecule has 0 aliphatic heterocycles. The van der Waals surface area contributed by atoms with Crippen LogP contribution < -0.4 is 0 Å². The maximum absolute atomic E-state index is 10.0. The maximum Gasteiger partial charge on any atom is 0.138 e. The summed E-state index contributed by atoms with van der Waals surface area (Å²) in [4.78, 5) is 0. The molecule has 0 spiro atoms. The van der Waals surface area contributed by atoms with Gasteiger partial charge in [-0.3, -0.25) is 0 Å². The van der Waals surface area contributed by atoms with Crippen molar-refractivity contribution in [2.45, 2.75) is 19.4 Å². The summed E-state index contributed by atoms with van der Waals surface area (Å²) >= 11 is 6.30. The van der Waals surface area contributed by atoms with Crippen LogP contribution in [-0.4, -0.2) is 14.9 Å². The van der Waals surface area contributed by atoms with Crippen molar-refractivity contribution in [3.63, 3.8) is 0 Å². The highest BCUT2D eigenvalue weighted by atomic mass is 35.5. The zero-order chi connectivity index (χ0) is 13.1. The SMILES string of the molecule is C=CCC(O)c1c(C)nn(-c2ccccc2)c1Cl. The van der Waals surface area contributed by atoms with E-state index in [2.05, 4.69) is 11.7 Å². The van der Waals surface area contributed by atoms with Gasteiger partial charge in [0, 0.05) is 5.56 Å². The quantitative estimate of drug-likeness (QED) is 0.857. The average molecular weight is 263 g/mol. The molecule has 94 valence electrons. The van der Waals surface area contributed by atoms with E-state index in [1.807, 2.05) is 37.3 Å². The number of aliphatic hydroxyl groups excluding tert-OH is 1. The highest BCUT2D eigenvalue weighted by molar-refractivity contribution is 6.30. The first-order chi connectivity index (χ1) is 8.65. The Kier molecular flexibility index (Phi) is 3.84. The molecule has 3 nitrogen and oxygen atoms in total. The molecule has 4 heteroatoms. The van der Waals surface area contributed by atoms with E-state index in [1.165, 1.54) is 0 Å². The van der Waals surface area contributed by atoms with Gasteiger partial charge in [-0.25, -0.2) is 4.68 Å². The van der Waals surface area contributed by atoms with Crippen molar-refractivity contribution in [2.24, 2.45) is 0 Å². The number of hydrogen-bond donors (Lipinski definition) is 1. The Morgan fingerprint density at radius 1 is 1.44 bits per heavy atom. The molecule has 1 atom stereocenters. The fraction of sp³-hybridized carbons (Fsp3) is 0.214. The molecule has 0 aliphatic rings. The molecule has 0 fully saturated rings. The lowest BCUT2D eigenvalue weighted by Gasteiger charge is -2.08. The van der Waals surface area contributed by atoms with Crippen LogP contribution in [0.5, 0.6) is 0 Å². The Balaban J connectivity index is 2.47. The van der Waals surface area contributed by atoms with Crippen molar-refractivity contribution in [3.8, 4) is 5.69 Å². The number of aliphatic hydroxyl groups is 1. The molecule has 2 rings (SSSR count). The zero-order valence-electron chi connectivity index (χ0n) is 10.2. The second-order valence-corrected chi connectivity index (χ2v) is 4.44. The molecule has 1 aromatic heterocycles. The molecular formula is C14H15ClN2O. The van der Waals surface area contributed by atoms with E-state index in [0.717, 1.165) is 11.4 Å². The number of rotatable bonds is 4. The minimum absolute atomic E-state index is 0.452. The molecule has 1 aromatic carbocycles. The van der Waals surface area contributed by atoms with Crippen LogP contribution >= 0.6 is 11.6 Å². The third kappa shape index (κ3) is 2.33. The van der Waals surface area contributed by atoms with Crippen molar-refractivity contribution in [1.82, 2.24) is 9.78 Å². The molecule has 0 radical (unpaired) electrons. The number of nitrogens with zero attached hydrogens (tertiary/aromatic N) is 2. The minimum atomic E-state index is -0.660. The summed E-state index contributed by atoms with van der Waals surface area (Å²) in [7, 11) is 0. The number of benzene rings is 1. The second-order valence-electron chi connectivity index (χ2n) is 4.08. The molecule has 0 saturated carbocycles. The van der Waals surface area contributed by atoms with Gasteiger partial charge in [0.15, 0.2) is 0 Å². The normalized spacial score (nSPS) is 12.4. The summed E-state index contributed by atoms with van der Waals surface area (Å²) in [5, 5.41) is 14.9. The third-order valence-electron chi connectivity index (χ3n) is 2.77. The number of hydrogen-bond acceptors (Lipinski definition) is 2. The topological polar surface area (TPSA) is 38.1 Å². The van der Waals surface area contributed by atoms with Gasteiger partial charge in [-0.2, -0.15) is 5.10 Å². The molecule has 0 bridgehead atoms. The molecule has 18 heavy (non-hydrogen) atoms. The van der Waals surface area contributed by atoms with E-state index >= 15 is 0 Å². The van der Waals surface area contributed by atoms with Crippen molar-refractivity contribution in [1.29, 1.82) is 0 Å². The Morgan fingerprint density at radius 3 is 2.72 bits per heavy atom. The standard InChI is InChI=1S/C14H15ClN2O/c1-3-7-12(18)13-10(2)16-17(14(13)15)11-8-5-4-6-9-11/h3-6,8-9,12,18H,1,7H2,2H3. The summed E-state index contributed by atoms with van der Waals surface area (Å²) in [6.45, 7) is 5.46. The average Bonchev–Trinajstić information content (AvgIpc) is 2.66. The van der Waals surface area contributed by atoms with Crippen LogP contribution in [0, 0.1) is 6.92 Å². The lowest BCUT2D eigenvalue weighted by atomic mass is 10.1. The van der Waals surface area contributed by atoms with Gasteiger partial charge in [-0.1, -0.05) is 35.9 Å². The Morgan fingerprint density at radius 2 is 2.11 bits per heavy atom. The van der Waals surface area contributed by atoms with Crippen molar-refractivity contribution in [2.75, 3.05) is 0 Å². The highest BCUT2D eigenvalue weighted by Gasteiger charge is 2.20. The fourth-order valence-electron chi connectivity index (χ4n) is 1.91. The van der Waals surface area contributed by atoms with Crippen LogP contribution in [0.4, 0.5) is 0 Å². The number of aryl methyl sites for hydroxylation is 1. The van der Waals surface area contributed by atoms with Gasteiger partial charge in [-0.15, -0.1) is 6.58 Å². The fourth-order valence-corrected chi connectivity index (χ4v) is 2.30. The number of halogens is 1. The molecule has 1 unspecified atom stereocenters. The van der Waals surface area contributed by atoms with E-state index in [0.29, 0.717) is 17.1 Å². The van der Waals surface area contributed by atoms with Gasteiger partial charge in [0.25, 0.3) is 0 Å². The van der Waals surface area contributed by atoms with Crippen molar-refractivity contribution in [3.05, 3.63) is 59.4 Å². The maximum atomic E-state index is 10.0. The van der Waals surface area contributed by atoms with Gasteiger partial charge in [0.05, 0.1) is 17.5 Å². The number of para-hydroxylation sites is 1. The van der Waals surface area contributed by atoms with E-state index in [-0.39, 0.29) is 0 Å². The Bertz CT molecular complexity index is 548. The largest absolute Gasteiger partial charge is 0.388 e. The Labute approximate surface area is 111 Å². The smallest absolute Gasteiger partial charge is 0.138 e. The van der Waals surface area contributed by atoms with Gasteiger partial charge in [0.2, 0.25) is 0 Å². The van der Waals surface area contributed by atoms with Gasteiger partial charge in [0.1, 0.15) is 5.15 Å². The van der Waals surface area contributed by atoms with Gasteiger partial charge in [-0.05, 0) is 25.5 Å². The second kappa shape index (κ2) is 5.38. The van der Waals surface area contributed by atoms with Crippen LogP contribution in [-0.2, 0) is 0 Å². The summed E-state index contributed by atoms with van der Waals surface area (Å²) in [5.41, 5.74) is 2.28.